The minimum absolute atomic E-state index is 0.00319. The largest absolute Gasteiger partial charge is 0.460 e. The van der Waals surface area contributed by atoms with Gasteiger partial charge in [-0.05, 0) is 67.1 Å². The van der Waals surface area contributed by atoms with Crippen LogP contribution < -0.4 is 4.74 Å². The highest BCUT2D eigenvalue weighted by Crippen LogP contribution is 2.61. The Labute approximate surface area is 164 Å². The molecule has 2 fully saturated rings. The van der Waals surface area contributed by atoms with Gasteiger partial charge in [0, 0.05) is 19.3 Å². The molecule has 0 aliphatic heterocycles. The number of esters is 2. The van der Waals surface area contributed by atoms with E-state index in [0.29, 0.717) is 24.3 Å². The van der Waals surface area contributed by atoms with Crippen molar-refractivity contribution < 1.29 is 28.6 Å². The average molecular weight is 390 g/mol. The van der Waals surface area contributed by atoms with Gasteiger partial charge in [0.15, 0.2) is 11.6 Å². The highest BCUT2D eigenvalue weighted by atomic mass is 19.1. The maximum Gasteiger partial charge on any atom is 0.308 e. The first-order chi connectivity index (χ1) is 13.2. The molecule has 152 valence electrons. The molecule has 4 rings (SSSR count). The quantitative estimate of drug-likeness (QED) is 0.618. The van der Waals surface area contributed by atoms with Crippen molar-refractivity contribution in [3.63, 3.8) is 0 Å². The van der Waals surface area contributed by atoms with Gasteiger partial charge in [-0.3, -0.25) is 9.59 Å². The zero-order valence-corrected chi connectivity index (χ0v) is 16.5. The van der Waals surface area contributed by atoms with Crippen LogP contribution in [0.3, 0.4) is 0 Å². The second-order valence-electron chi connectivity index (χ2n) is 8.83. The Kier molecular flexibility index (Phi) is 4.73. The van der Waals surface area contributed by atoms with Crippen LogP contribution in [0.15, 0.2) is 12.1 Å². The molecule has 5 nitrogen and oxygen atoms in total. The number of hydrogen-bond acceptors (Lipinski definition) is 5. The molecule has 0 amide bonds. The van der Waals surface area contributed by atoms with E-state index in [0.717, 1.165) is 24.8 Å². The molecule has 0 aromatic heterocycles. The average Bonchev–Trinajstić information content (AvgIpc) is 2.88. The summed E-state index contributed by atoms with van der Waals surface area (Å²) in [7, 11) is 0. The molecular weight excluding hydrogens is 363 g/mol. The third kappa shape index (κ3) is 2.93. The fourth-order valence-electron chi connectivity index (χ4n) is 6.13. The highest BCUT2D eigenvalue weighted by molar-refractivity contribution is 5.69. The van der Waals surface area contributed by atoms with Crippen LogP contribution in [-0.2, 0) is 20.7 Å². The van der Waals surface area contributed by atoms with Crippen molar-refractivity contribution >= 4 is 11.9 Å². The predicted octanol–water partition coefficient (Wildman–Crippen LogP) is 3.51. The summed E-state index contributed by atoms with van der Waals surface area (Å²) >= 11 is 0. The Morgan fingerprint density at radius 3 is 2.64 bits per heavy atom. The zero-order chi connectivity index (χ0) is 20.2. The summed E-state index contributed by atoms with van der Waals surface area (Å²) in [5.41, 5.74) is 1.37. The second kappa shape index (κ2) is 6.83. The number of aliphatic hydroxyl groups excluding tert-OH is 1. The van der Waals surface area contributed by atoms with Crippen molar-refractivity contribution in [3.05, 3.63) is 29.1 Å². The number of carbonyl (C=O) groups excluding carboxylic acids is 2. The van der Waals surface area contributed by atoms with Gasteiger partial charge >= 0.3 is 11.9 Å². The lowest BCUT2D eigenvalue weighted by atomic mass is 9.55. The molecule has 0 unspecified atom stereocenters. The van der Waals surface area contributed by atoms with Gasteiger partial charge in [-0.25, -0.2) is 4.39 Å². The molecule has 1 aromatic carbocycles. The van der Waals surface area contributed by atoms with Crippen molar-refractivity contribution in [2.75, 3.05) is 0 Å². The predicted molar refractivity (Wildman–Crippen MR) is 99.3 cm³/mol. The van der Waals surface area contributed by atoms with E-state index in [-0.39, 0.29) is 29.0 Å². The summed E-state index contributed by atoms with van der Waals surface area (Å²) in [6, 6.07) is 3.45. The molecule has 0 heterocycles. The van der Waals surface area contributed by atoms with E-state index in [1.807, 2.05) is 6.07 Å². The lowest BCUT2D eigenvalue weighted by molar-refractivity contribution is -0.153. The smallest absolute Gasteiger partial charge is 0.308 e. The van der Waals surface area contributed by atoms with Gasteiger partial charge in [-0.2, -0.15) is 0 Å². The lowest BCUT2D eigenvalue weighted by Crippen LogP contribution is -2.45. The van der Waals surface area contributed by atoms with Crippen molar-refractivity contribution in [1.82, 2.24) is 0 Å². The summed E-state index contributed by atoms with van der Waals surface area (Å²) in [6.07, 6.45) is 2.60. The molecule has 1 N–H and O–H groups in total. The molecule has 0 radical (unpaired) electrons. The number of hydrogen-bond donors (Lipinski definition) is 1. The van der Waals surface area contributed by atoms with Crippen molar-refractivity contribution in [3.8, 4) is 5.75 Å². The molecule has 6 atom stereocenters. The number of ether oxygens (including phenoxy) is 2. The molecule has 2 saturated carbocycles. The van der Waals surface area contributed by atoms with Gasteiger partial charge < -0.3 is 14.6 Å². The van der Waals surface area contributed by atoms with E-state index >= 15 is 0 Å². The van der Waals surface area contributed by atoms with Crippen molar-refractivity contribution in [2.45, 2.75) is 71.0 Å². The van der Waals surface area contributed by atoms with E-state index < -0.39 is 24.0 Å². The molecule has 3 aliphatic rings. The maximum atomic E-state index is 14.9. The molecule has 0 spiro atoms. The summed E-state index contributed by atoms with van der Waals surface area (Å²) in [5.74, 6) is -0.559. The van der Waals surface area contributed by atoms with Crippen LogP contribution in [0.5, 0.6) is 5.75 Å². The van der Waals surface area contributed by atoms with Crippen LogP contribution in [0, 0.1) is 23.1 Å². The zero-order valence-electron chi connectivity index (χ0n) is 16.5. The van der Waals surface area contributed by atoms with E-state index in [9.17, 15) is 19.1 Å². The fourth-order valence-corrected chi connectivity index (χ4v) is 6.13. The Bertz CT molecular complexity index is 821. The Morgan fingerprint density at radius 1 is 1.21 bits per heavy atom. The van der Waals surface area contributed by atoms with Gasteiger partial charge in [-0.1, -0.05) is 13.0 Å². The lowest BCUT2D eigenvalue weighted by Gasteiger charge is -2.49. The first-order valence-electron chi connectivity index (χ1n) is 10.1. The summed E-state index contributed by atoms with van der Waals surface area (Å²) in [4.78, 5) is 22.6. The Hall–Kier alpha value is -1.95. The van der Waals surface area contributed by atoms with E-state index in [1.54, 1.807) is 6.07 Å². The molecule has 1 aromatic rings. The maximum absolute atomic E-state index is 14.9. The molecular formula is C22H27FO5. The van der Waals surface area contributed by atoms with Crippen molar-refractivity contribution in [1.29, 1.82) is 0 Å². The highest BCUT2D eigenvalue weighted by Gasteiger charge is 2.59. The Morgan fingerprint density at radius 2 is 1.96 bits per heavy atom. The standard InChI is InChI=1S/C22H27FO5/c1-11(24)27-18-7-6-13-14-8-9-22(3)17(10-19(21(22)26)28-12(2)25)15(14)4-5-16(13)20(18)23/h6-7,14-15,17,19,21,26H,4-5,8-10H2,1-3H3/t14-,15-,17+,19+,21+,22+/m1/s1. The third-order valence-corrected chi connectivity index (χ3v) is 7.33. The van der Waals surface area contributed by atoms with Crippen LogP contribution in [0.4, 0.5) is 4.39 Å². The first-order valence-corrected chi connectivity index (χ1v) is 10.1. The summed E-state index contributed by atoms with van der Waals surface area (Å²) in [5, 5.41) is 10.9. The first kappa shape index (κ1) is 19.4. The van der Waals surface area contributed by atoms with Gasteiger partial charge in [0.2, 0.25) is 0 Å². The van der Waals surface area contributed by atoms with E-state index in [1.165, 1.54) is 13.8 Å². The van der Waals surface area contributed by atoms with Crippen LogP contribution >= 0.6 is 0 Å². The van der Waals surface area contributed by atoms with Crippen LogP contribution in [0.25, 0.3) is 0 Å². The van der Waals surface area contributed by atoms with Crippen molar-refractivity contribution in [2.24, 2.45) is 17.3 Å². The monoisotopic (exact) mass is 390 g/mol. The minimum Gasteiger partial charge on any atom is -0.460 e. The SMILES string of the molecule is CC(=O)Oc1ccc2c(c1F)CC[C@@H]1[C@@H]2CC[C@]2(C)[C@@H](O)[C@@H](OC(C)=O)C[C@@H]12. The second-order valence-corrected chi connectivity index (χ2v) is 8.83. The number of aliphatic hydroxyl groups is 1. The molecule has 6 heteroatoms. The normalized spacial score (nSPS) is 36.1. The molecule has 0 saturated heterocycles. The Balaban J connectivity index is 1.64. The minimum atomic E-state index is -0.660. The van der Waals surface area contributed by atoms with Crippen LogP contribution in [0.1, 0.15) is 63.5 Å². The van der Waals surface area contributed by atoms with E-state index in [4.69, 9.17) is 9.47 Å². The van der Waals surface area contributed by atoms with Gasteiger partial charge in [0.1, 0.15) is 6.10 Å². The van der Waals surface area contributed by atoms with E-state index in [2.05, 4.69) is 6.92 Å². The van der Waals surface area contributed by atoms with Gasteiger partial charge in [0.05, 0.1) is 6.10 Å². The topological polar surface area (TPSA) is 72.8 Å². The number of carbonyl (C=O) groups is 2. The molecule has 3 aliphatic carbocycles. The fraction of sp³-hybridized carbons (Fsp3) is 0.636. The summed E-state index contributed by atoms with van der Waals surface area (Å²) < 4.78 is 25.3. The number of halogens is 1. The number of benzene rings is 1. The van der Waals surface area contributed by atoms with Gasteiger partial charge in [-0.15, -0.1) is 0 Å². The third-order valence-electron chi connectivity index (χ3n) is 7.33. The molecule has 28 heavy (non-hydrogen) atoms. The van der Waals surface area contributed by atoms with Gasteiger partial charge in [0.25, 0.3) is 0 Å². The number of fused-ring (bicyclic) bond motifs is 5. The number of rotatable bonds is 2. The van der Waals surface area contributed by atoms with Crippen LogP contribution in [-0.4, -0.2) is 29.3 Å². The summed E-state index contributed by atoms with van der Waals surface area (Å²) in [6.45, 7) is 4.74. The molecule has 0 bridgehead atoms. The van der Waals surface area contributed by atoms with Crippen LogP contribution in [0.2, 0.25) is 0 Å².